The number of hydrogen-bond donors (Lipinski definition) is 0. The Kier molecular flexibility index (Phi) is 7.72. The Morgan fingerprint density at radius 2 is 1.40 bits per heavy atom. The highest BCUT2D eigenvalue weighted by atomic mass is 16.1. The lowest BCUT2D eigenvalue weighted by Crippen LogP contribution is -2.13. The molecule has 0 amide bonds. The van der Waals surface area contributed by atoms with Crippen LogP contribution in [0.4, 0.5) is 0 Å². The van der Waals surface area contributed by atoms with Gasteiger partial charge < -0.3 is 0 Å². The molecule has 0 aromatic rings. The average molecular weight is 212 g/mol. The van der Waals surface area contributed by atoms with Crippen molar-refractivity contribution in [1.29, 1.82) is 0 Å². The third-order valence-electron chi connectivity index (χ3n) is 2.83. The van der Waals surface area contributed by atoms with Gasteiger partial charge in [0.1, 0.15) is 5.78 Å². The summed E-state index contributed by atoms with van der Waals surface area (Å²) in [4.78, 5) is 11.7. The summed E-state index contributed by atoms with van der Waals surface area (Å²) in [5.41, 5.74) is 0. The van der Waals surface area contributed by atoms with Crippen molar-refractivity contribution in [3.05, 3.63) is 0 Å². The smallest absolute Gasteiger partial charge is 0.135 e. The molecule has 0 aliphatic carbocycles. The molecule has 0 fully saturated rings. The molecular weight excluding hydrogens is 184 g/mol. The minimum atomic E-state index is 0.277. The Hall–Kier alpha value is -0.330. The van der Waals surface area contributed by atoms with Crippen molar-refractivity contribution in [1.82, 2.24) is 0 Å². The first-order valence-electron chi connectivity index (χ1n) is 6.46. The summed E-state index contributed by atoms with van der Waals surface area (Å²) < 4.78 is 0. The van der Waals surface area contributed by atoms with E-state index in [0.717, 1.165) is 18.8 Å². The second-order valence-corrected chi connectivity index (χ2v) is 5.64. The van der Waals surface area contributed by atoms with E-state index in [1.807, 2.05) is 0 Å². The highest BCUT2D eigenvalue weighted by Gasteiger charge is 2.13. The minimum Gasteiger partial charge on any atom is -0.299 e. The topological polar surface area (TPSA) is 17.1 Å². The van der Waals surface area contributed by atoms with Crippen LogP contribution in [0.15, 0.2) is 0 Å². The third-order valence-corrected chi connectivity index (χ3v) is 2.83. The predicted molar refractivity (Wildman–Crippen MR) is 66.9 cm³/mol. The van der Waals surface area contributed by atoms with Crippen LogP contribution in [0.5, 0.6) is 0 Å². The van der Waals surface area contributed by atoms with Crippen molar-refractivity contribution in [2.24, 2.45) is 17.8 Å². The maximum absolute atomic E-state index is 11.7. The molecule has 0 rings (SSSR count). The quantitative estimate of drug-likeness (QED) is 0.543. The normalized spacial score (nSPS) is 13.5. The van der Waals surface area contributed by atoms with Crippen molar-refractivity contribution >= 4 is 5.78 Å². The van der Waals surface area contributed by atoms with Gasteiger partial charge in [0.15, 0.2) is 0 Å². The molecule has 1 atom stereocenters. The Balaban J connectivity index is 3.55. The summed E-state index contributed by atoms with van der Waals surface area (Å²) in [6, 6.07) is 0. The zero-order chi connectivity index (χ0) is 11.8. The van der Waals surface area contributed by atoms with Gasteiger partial charge in [0.2, 0.25) is 0 Å². The molecule has 1 heteroatoms. The number of rotatable bonds is 8. The first kappa shape index (κ1) is 14.7. The molecule has 15 heavy (non-hydrogen) atoms. The van der Waals surface area contributed by atoms with Crippen LogP contribution in [0.25, 0.3) is 0 Å². The molecule has 0 spiro atoms. The van der Waals surface area contributed by atoms with Crippen LogP contribution in [0, 0.1) is 17.8 Å². The molecule has 0 saturated heterocycles. The largest absolute Gasteiger partial charge is 0.299 e. The van der Waals surface area contributed by atoms with Crippen LogP contribution in [0.3, 0.4) is 0 Å². The zero-order valence-electron chi connectivity index (χ0n) is 11.2. The van der Waals surface area contributed by atoms with Crippen LogP contribution in [-0.4, -0.2) is 5.78 Å². The molecular formula is C14H28O. The molecule has 0 aliphatic heterocycles. The Bertz CT molecular complexity index is 170. The molecule has 0 bridgehead atoms. The molecule has 0 aliphatic rings. The van der Waals surface area contributed by atoms with E-state index >= 15 is 0 Å². The summed E-state index contributed by atoms with van der Waals surface area (Å²) in [6.45, 7) is 10.8. The van der Waals surface area contributed by atoms with Crippen LogP contribution in [-0.2, 0) is 4.79 Å². The lowest BCUT2D eigenvalue weighted by atomic mass is 9.92. The molecule has 90 valence electrons. The van der Waals surface area contributed by atoms with E-state index in [2.05, 4.69) is 34.6 Å². The van der Waals surface area contributed by atoms with Crippen molar-refractivity contribution < 1.29 is 4.79 Å². The van der Waals surface area contributed by atoms with Crippen LogP contribution in [0.1, 0.15) is 66.7 Å². The summed E-state index contributed by atoms with van der Waals surface area (Å²) >= 11 is 0. The van der Waals surface area contributed by atoms with Crippen molar-refractivity contribution in [2.45, 2.75) is 66.7 Å². The summed E-state index contributed by atoms with van der Waals surface area (Å²) in [6.07, 6.45) is 5.62. The van der Waals surface area contributed by atoms with Crippen LogP contribution >= 0.6 is 0 Å². The number of carbonyl (C=O) groups is 1. The van der Waals surface area contributed by atoms with E-state index < -0.39 is 0 Å². The maximum Gasteiger partial charge on any atom is 0.135 e. The molecule has 0 aromatic carbocycles. The first-order chi connectivity index (χ1) is 6.93. The Morgan fingerprint density at radius 1 is 0.867 bits per heavy atom. The summed E-state index contributed by atoms with van der Waals surface area (Å²) in [7, 11) is 0. The molecule has 0 radical (unpaired) electrons. The van der Waals surface area contributed by atoms with Gasteiger partial charge in [-0.2, -0.15) is 0 Å². The average Bonchev–Trinajstić information content (AvgIpc) is 2.10. The highest BCUT2D eigenvalue weighted by Crippen LogP contribution is 2.16. The van der Waals surface area contributed by atoms with Gasteiger partial charge in [-0.25, -0.2) is 0 Å². The number of carbonyl (C=O) groups excluding carboxylic acids is 1. The Morgan fingerprint density at radius 3 is 1.87 bits per heavy atom. The van der Waals surface area contributed by atoms with Gasteiger partial charge in [-0.3, -0.25) is 4.79 Å². The predicted octanol–water partition coefficient (Wildman–Crippen LogP) is 4.45. The van der Waals surface area contributed by atoms with Gasteiger partial charge in [0, 0.05) is 12.3 Å². The number of Topliss-reactive ketones (excluding diaryl/α,β-unsaturated/α-hetero) is 1. The third kappa shape index (κ3) is 8.65. The lowest BCUT2D eigenvalue weighted by Gasteiger charge is -2.12. The standard InChI is InChI=1S/C14H28O/c1-11(2)8-6-7-9-13(5)14(15)10-12(3)4/h11-13H,6-10H2,1-5H3. The van der Waals surface area contributed by atoms with Crippen LogP contribution in [0.2, 0.25) is 0 Å². The molecule has 0 saturated carbocycles. The van der Waals surface area contributed by atoms with Gasteiger partial charge >= 0.3 is 0 Å². The molecule has 1 nitrogen and oxygen atoms in total. The molecule has 0 heterocycles. The van der Waals surface area contributed by atoms with E-state index in [-0.39, 0.29) is 5.92 Å². The monoisotopic (exact) mass is 212 g/mol. The van der Waals surface area contributed by atoms with E-state index in [0.29, 0.717) is 11.7 Å². The van der Waals surface area contributed by atoms with Gasteiger partial charge in [-0.1, -0.05) is 53.9 Å². The fourth-order valence-corrected chi connectivity index (χ4v) is 1.77. The van der Waals surface area contributed by atoms with Crippen LogP contribution < -0.4 is 0 Å². The van der Waals surface area contributed by atoms with Gasteiger partial charge in [0.25, 0.3) is 0 Å². The first-order valence-corrected chi connectivity index (χ1v) is 6.46. The fourth-order valence-electron chi connectivity index (χ4n) is 1.77. The highest BCUT2D eigenvalue weighted by molar-refractivity contribution is 5.80. The number of ketones is 1. The van der Waals surface area contributed by atoms with E-state index in [4.69, 9.17) is 0 Å². The van der Waals surface area contributed by atoms with Gasteiger partial charge in [-0.15, -0.1) is 0 Å². The second kappa shape index (κ2) is 7.90. The summed E-state index contributed by atoms with van der Waals surface area (Å²) in [5, 5.41) is 0. The van der Waals surface area contributed by atoms with Crippen molar-refractivity contribution in [3.8, 4) is 0 Å². The molecule has 1 unspecified atom stereocenters. The minimum absolute atomic E-state index is 0.277. The van der Waals surface area contributed by atoms with E-state index in [9.17, 15) is 4.79 Å². The van der Waals surface area contributed by atoms with Crippen molar-refractivity contribution in [2.75, 3.05) is 0 Å². The number of hydrogen-bond acceptors (Lipinski definition) is 1. The van der Waals surface area contributed by atoms with E-state index in [1.54, 1.807) is 0 Å². The Labute approximate surface area is 95.6 Å². The van der Waals surface area contributed by atoms with E-state index in [1.165, 1.54) is 19.3 Å². The maximum atomic E-state index is 11.7. The molecule has 0 aromatic heterocycles. The second-order valence-electron chi connectivity index (χ2n) is 5.64. The fraction of sp³-hybridized carbons (Fsp3) is 0.929. The lowest BCUT2D eigenvalue weighted by molar-refractivity contribution is -0.123. The van der Waals surface area contributed by atoms with Crippen molar-refractivity contribution in [3.63, 3.8) is 0 Å². The van der Waals surface area contributed by atoms with Gasteiger partial charge in [0.05, 0.1) is 0 Å². The SMILES string of the molecule is CC(C)CCCCC(C)C(=O)CC(C)C. The number of unbranched alkanes of at least 4 members (excludes halogenated alkanes) is 1. The summed E-state index contributed by atoms with van der Waals surface area (Å²) in [5.74, 6) is 2.04. The van der Waals surface area contributed by atoms with Gasteiger partial charge in [-0.05, 0) is 18.3 Å². The molecule has 0 N–H and O–H groups in total. The zero-order valence-corrected chi connectivity index (χ0v) is 11.2.